The molecule has 0 aromatic carbocycles. The summed E-state index contributed by atoms with van der Waals surface area (Å²) < 4.78 is 16.8. The van der Waals surface area contributed by atoms with Gasteiger partial charge in [0.25, 0.3) is 7.59 Å². The lowest BCUT2D eigenvalue weighted by Crippen LogP contribution is -2.21. The van der Waals surface area contributed by atoms with Gasteiger partial charge in [-0.3, -0.25) is 4.57 Å². The van der Waals surface area contributed by atoms with Crippen LogP contribution in [0, 0.1) is 0 Å². The molecule has 2 heterocycles. The molecule has 2 aliphatic heterocycles. The van der Waals surface area contributed by atoms with Crippen LogP contribution in [0.15, 0.2) is 0 Å². The van der Waals surface area contributed by atoms with E-state index in [1.54, 1.807) is 0 Å². The summed E-state index contributed by atoms with van der Waals surface area (Å²) in [5.74, 6) is 0. The molecule has 17 heavy (non-hydrogen) atoms. The fourth-order valence-electron chi connectivity index (χ4n) is 2.14. The van der Waals surface area contributed by atoms with Crippen LogP contribution in [0.3, 0.4) is 0 Å². The van der Waals surface area contributed by atoms with Crippen molar-refractivity contribution >= 4 is 7.59 Å². The summed E-state index contributed by atoms with van der Waals surface area (Å²) in [5, 5.41) is 3.32. The Morgan fingerprint density at radius 2 is 1.47 bits per heavy atom. The van der Waals surface area contributed by atoms with Crippen LogP contribution in [0.4, 0.5) is 0 Å². The summed E-state index contributed by atoms with van der Waals surface area (Å²) in [7, 11) is -2.29. The minimum absolute atomic E-state index is 0.913. The molecule has 2 saturated heterocycles. The Bertz CT molecular complexity index is 261. The van der Waals surface area contributed by atoms with Crippen molar-refractivity contribution in [3.63, 3.8) is 0 Å². The summed E-state index contributed by atoms with van der Waals surface area (Å²) >= 11 is 0. The second-order valence-electron chi connectivity index (χ2n) is 5.13. The molecule has 2 aliphatic rings. The van der Waals surface area contributed by atoms with Crippen molar-refractivity contribution in [2.75, 3.05) is 32.7 Å². The lowest BCUT2D eigenvalue weighted by Gasteiger charge is -2.20. The maximum Gasteiger partial charge on any atom is 0.284 e. The van der Waals surface area contributed by atoms with Crippen molar-refractivity contribution < 1.29 is 4.57 Å². The molecule has 0 saturated carbocycles. The van der Waals surface area contributed by atoms with E-state index in [2.05, 4.69) is 21.4 Å². The van der Waals surface area contributed by atoms with Gasteiger partial charge in [-0.15, -0.1) is 0 Å². The molecule has 100 valence electrons. The topological polar surface area (TPSA) is 35.1 Å². The van der Waals surface area contributed by atoms with Crippen LogP contribution in [-0.4, -0.2) is 42.1 Å². The minimum Gasteiger partial charge on any atom is -0.270 e. The van der Waals surface area contributed by atoms with E-state index in [0.29, 0.717) is 0 Å². The van der Waals surface area contributed by atoms with Crippen molar-refractivity contribution in [3.8, 4) is 0 Å². The fraction of sp³-hybridized carbons (Fsp3) is 1.00. The van der Waals surface area contributed by atoms with Gasteiger partial charge in [0.2, 0.25) is 0 Å². The monoisotopic (exact) mass is 259 g/mol. The van der Waals surface area contributed by atoms with Crippen molar-refractivity contribution in [2.24, 2.45) is 0 Å². The van der Waals surface area contributed by atoms with E-state index in [-0.39, 0.29) is 0 Å². The van der Waals surface area contributed by atoms with Gasteiger partial charge in [-0.05, 0) is 6.42 Å². The standard InChI is InChI=1S/C12H26N3OP/c1-2-3-4-5-6-7-8-13-17(16,14-9-10-14)15-11-12-15/h2-12H2,1H3,(H,13,16). The molecule has 1 N–H and O–H groups in total. The highest BCUT2D eigenvalue weighted by atomic mass is 31.2. The zero-order valence-corrected chi connectivity index (χ0v) is 11.9. The van der Waals surface area contributed by atoms with Gasteiger partial charge in [0.15, 0.2) is 0 Å². The first-order valence-electron chi connectivity index (χ1n) is 7.13. The summed E-state index contributed by atoms with van der Waals surface area (Å²) in [6.07, 6.45) is 7.77. The fourth-order valence-corrected chi connectivity index (χ4v) is 4.61. The summed E-state index contributed by atoms with van der Waals surface area (Å²) in [4.78, 5) is 0. The summed E-state index contributed by atoms with van der Waals surface area (Å²) in [5.41, 5.74) is 0. The average molecular weight is 259 g/mol. The molecule has 0 bridgehead atoms. The van der Waals surface area contributed by atoms with Gasteiger partial charge in [0.1, 0.15) is 0 Å². The second-order valence-corrected chi connectivity index (χ2v) is 7.66. The minimum atomic E-state index is -2.29. The van der Waals surface area contributed by atoms with E-state index < -0.39 is 7.59 Å². The van der Waals surface area contributed by atoms with Crippen molar-refractivity contribution in [1.29, 1.82) is 0 Å². The lowest BCUT2D eigenvalue weighted by atomic mass is 10.1. The van der Waals surface area contributed by atoms with Crippen LogP contribution >= 0.6 is 7.59 Å². The molecule has 0 spiro atoms. The molecule has 5 heteroatoms. The molecule has 0 aliphatic carbocycles. The number of hydrogen-bond donors (Lipinski definition) is 1. The smallest absolute Gasteiger partial charge is 0.270 e. The van der Waals surface area contributed by atoms with Gasteiger partial charge in [-0.25, -0.2) is 14.4 Å². The van der Waals surface area contributed by atoms with E-state index in [1.807, 2.05) is 0 Å². The molecule has 0 radical (unpaired) electrons. The maximum absolute atomic E-state index is 12.6. The Morgan fingerprint density at radius 1 is 0.941 bits per heavy atom. The van der Waals surface area contributed by atoms with Crippen molar-refractivity contribution in [1.82, 2.24) is 14.4 Å². The average Bonchev–Trinajstić information content (AvgIpc) is 3.20. The predicted octanol–water partition coefficient (Wildman–Crippen LogP) is 2.68. The Kier molecular flexibility index (Phi) is 5.04. The highest BCUT2D eigenvalue weighted by molar-refractivity contribution is 7.57. The molecule has 2 rings (SSSR count). The van der Waals surface area contributed by atoms with Crippen LogP contribution in [0.25, 0.3) is 0 Å². The van der Waals surface area contributed by atoms with E-state index in [0.717, 1.165) is 39.1 Å². The van der Waals surface area contributed by atoms with Crippen LogP contribution in [0.1, 0.15) is 45.4 Å². The highest BCUT2D eigenvalue weighted by Gasteiger charge is 2.47. The third-order valence-corrected chi connectivity index (χ3v) is 6.43. The molecule has 2 fully saturated rings. The Labute approximate surface area is 105 Å². The van der Waals surface area contributed by atoms with Gasteiger partial charge in [-0.1, -0.05) is 39.0 Å². The van der Waals surface area contributed by atoms with Gasteiger partial charge >= 0.3 is 0 Å². The Balaban J connectivity index is 1.55. The highest BCUT2D eigenvalue weighted by Crippen LogP contribution is 2.56. The van der Waals surface area contributed by atoms with Crippen LogP contribution in [0.2, 0.25) is 0 Å². The zero-order chi connectivity index (χ0) is 12.1. The summed E-state index contributed by atoms with van der Waals surface area (Å²) in [6, 6.07) is 0. The molecular formula is C12H26N3OP. The molecule has 4 nitrogen and oxygen atoms in total. The molecule has 0 aromatic heterocycles. The predicted molar refractivity (Wildman–Crippen MR) is 72.1 cm³/mol. The first-order valence-corrected chi connectivity index (χ1v) is 8.74. The van der Waals surface area contributed by atoms with Crippen LogP contribution in [-0.2, 0) is 4.57 Å². The number of hydrogen-bond acceptors (Lipinski definition) is 1. The first-order chi connectivity index (χ1) is 8.27. The third-order valence-electron chi connectivity index (χ3n) is 3.46. The number of nitrogens with zero attached hydrogens (tertiary/aromatic N) is 2. The van der Waals surface area contributed by atoms with Crippen molar-refractivity contribution in [2.45, 2.75) is 45.4 Å². The number of nitrogens with one attached hydrogen (secondary N) is 1. The largest absolute Gasteiger partial charge is 0.284 e. The molecule has 0 aromatic rings. The Morgan fingerprint density at radius 3 is 2.00 bits per heavy atom. The summed E-state index contributed by atoms with van der Waals surface area (Å²) in [6.45, 7) is 7.20. The molecule has 0 atom stereocenters. The molecule has 0 amide bonds. The van der Waals surface area contributed by atoms with Gasteiger partial charge in [-0.2, -0.15) is 0 Å². The van der Waals surface area contributed by atoms with E-state index in [9.17, 15) is 4.57 Å². The number of rotatable bonds is 10. The molecular weight excluding hydrogens is 233 g/mol. The van der Waals surface area contributed by atoms with Gasteiger partial charge in [0.05, 0.1) is 0 Å². The van der Waals surface area contributed by atoms with Gasteiger partial charge in [0, 0.05) is 32.7 Å². The van der Waals surface area contributed by atoms with Crippen LogP contribution < -0.4 is 5.09 Å². The third kappa shape index (κ3) is 4.06. The van der Waals surface area contributed by atoms with Crippen LogP contribution in [0.5, 0.6) is 0 Å². The van der Waals surface area contributed by atoms with E-state index in [1.165, 1.54) is 32.1 Å². The first kappa shape index (κ1) is 13.5. The number of unbranched alkanes of at least 4 members (excludes halogenated alkanes) is 5. The van der Waals surface area contributed by atoms with E-state index in [4.69, 9.17) is 0 Å². The van der Waals surface area contributed by atoms with Gasteiger partial charge < -0.3 is 0 Å². The quantitative estimate of drug-likeness (QED) is 0.372. The van der Waals surface area contributed by atoms with E-state index >= 15 is 0 Å². The normalized spacial score (nSPS) is 20.8. The van der Waals surface area contributed by atoms with Crippen molar-refractivity contribution in [3.05, 3.63) is 0 Å². The second kappa shape index (κ2) is 6.33. The molecule has 0 unspecified atom stereocenters. The lowest BCUT2D eigenvalue weighted by molar-refractivity contribution is 0.498. The Hall–Kier alpha value is 0.110. The zero-order valence-electron chi connectivity index (χ0n) is 11.0. The SMILES string of the molecule is CCCCCCCCNP(=O)(N1CC1)N1CC1. The maximum atomic E-state index is 12.6.